The van der Waals surface area contributed by atoms with Gasteiger partial charge in [0.05, 0.1) is 13.4 Å². The number of amides is 1. The average Bonchev–Trinajstić information content (AvgIpc) is 2.82. The van der Waals surface area contributed by atoms with Gasteiger partial charge in [0, 0.05) is 24.9 Å². The lowest BCUT2D eigenvalue weighted by Crippen LogP contribution is -2.45. The SMILES string of the molecule is C=CCn1cncc1C[C@H](NC(=O)OC(C)(C)C)C(=O)OC. The summed E-state index contributed by atoms with van der Waals surface area (Å²) < 4.78 is 11.7. The van der Waals surface area contributed by atoms with E-state index in [1.54, 1.807) is 39.4 Å². The first-order valence-corrected chi connectivity index (χ1v) is 6.94. The maximum atomic E-state index is 11.9. The molecule has 0 aliphatic heterocycles. The van der Waals surface area contributed by atoms with Crippen LogP contribution in [0.15, 0.2) is 25.2 Å². The van der Waals surface area contributed by atoms with Crippen LogP contribution in [0.3, 0.4) is 0 Å². The number of rotatable bonds is 6. The summed E-state index contributed by atoms with van der Waals surface area (Å²) in [4.78, 5) is 27.8. The molecule has 7 heteroatoms. The van der Waals surface area contributed by atoms with E-state index in [0.29, 0.717) is 6.54 Å². The highest BCUT2D eigenvalue weighted by atomic mass is 16.6. The molecule has 0 fully saturated rings. The second-order valence-corrected chi connectivity index (χ2v) is 5.75. The number of esters is 1. The molecular weight excluding hydrogens is 286 g/mol. The molecular formula is C15H23N3O4. The molecule has 0 aliphatic rings. The van der Waals surface area contributed by atoms with Crippen LogP contribution >= 0.6 is 0 Å². The molecule has 22 heavy (non-hydrogen) atoms. The van der Waals surface area contributed by atoms with Gasteiger partial charge < -0.3 is 19.4 Å². The highest BCUT2D eigenvalue weighted by Crippen LogP contribution is 2.09. The Morgan fingerprint density at radius 3 is 2.73 bits per heavy atom. The van der Waals surface area contributed by atoms with Crippen molar-refractivity contribution in [2.75, 3.05) is 7.11 Å². The number of nitrogens with one attached hydrogen (secondary N) is 1. The Morgan fingerprint density at radius 1 is 1.50 bits per heavy atom. The molecule has 122 valence electrons. The molecule has 0 aromatic carbocycles. The predicted molar refractivity (Wildman–Crippen MR) is 81.3 cm³/mol. The van der Waals surface area contributed by atoms with Gasteiger partial charge in [-0.25, -0.2) is 14.6 Å². The van der Waals surface area contributed by atoms with Gasteiger partial charge >= 0.3 is 12.1 Å². The highest BCUT2D eigenvalue weighted by Gasteiger charge is 2.26. The zero-order valence-electron chi connectivity index (χ0n) is 13.5. The van der Waals surface area contributed by atoms with Gasteiger partial charge in [-0.3, -0.25) is 0 Å². The largest absolute Gasteiger partial charge is 0.467 e. The summed E-state index contributed by atoms with van der Waals surface area (Å²) in [6.07, 6.45) is 4.58. The Kier molecular flexibility index (Phi) is 6.15. The van der Waals surface area contributed by atoms with E-state index in [4.69, 9.17) is 9.47 Å². The molecule has 1 aromatic heterocycles. The summed E-state index contributed by atoms with van der Waals surface area (Å²) in [5.74, 6) is -0.544. The minimum Gasteiger partial charge on any atom is -0.467 e. The maximum absolute atomic E-state index is 11.9. The number of allylic oxidation sites excluding steroid dienone is 1. The van der Waals surface area contributed by atoms with E-state index < -0.39 is 23.7 Å². The van der Waals surface area contributed by atoms with Gasteiger partial charge in [-0.15, -0.1) is 6.58 Å². The fraction of sp³-hybridized carbons (Fsp3) is 0.533. The van der Waals surface area contributed by atoms with Crippen molar-refractivity contribution in [2.24, 2.45) is 0 Å². The van der Waals surface area contributed by atoms with Crippen molar-refractivity contribution >= 4 is 12.1 Å². The number of carbonyl (C=O) groups excluding carboxylic acids is 2. The number of alkyl carbamates (subject to hydrolysis) is 1. The molecule has 0 spiro atoms. The number of hydrogen-bond donors (Lipinski definition) is 1. The topological polar surface area (TPSA) is 82.5 Å². The third-order valence-corrected chi connectivity index (χ3v) is 2.71. The standard InChI is InChI=1S/C15H23N3O4/c1-6-7-18-10-16-9-11(18)8-12(13(19)21-5)17-14(20)22-15(2,3)4/h6,9-10,12H,1,7-8H2,2-5H3,(H,17,20)/t12-/m0/s1. The molecule has 1 rings (SSSR count). The van der Waals surface area contributed by atoms with E-state index in [0.717, 1.165) is 5.69 Å². The van der Waals surface area contributed by atoms with Crippen LogP contribution in [0.2, 0.25) is 0 Å². The van der Waals surface area contributed by atoms with Crippen LogP contribution in [0.25, 0.3) is 0 Å². The Hall–Kier alpha value is -2.31. The zero-order valence-corrected chi connectivity index (χ0v) is 13.5. The summed E-state index contributed by atoms with van der Waals surface area (Å²) in [6, 6.07) is -0.847. The third kappa shape index (κ3) is 5.59. The zero-order chi connectivity index (χ0) is 16.8. The summed E-state index contributed by atoms with van der Waals surface area (Å²) in [5, 5.41) is 2.53. The molecule has 0 saturated carbocycles. The molecule has 1 aromatic rings. The van der Waals surface area contributed by atoms with E-state index in [-0.39, 0.29) is 6.42 Å². The van der Waals surface area contributed by atoms with Gasteiger partial charge in [-0.2, -0.15) is 0 Å². The van der Waals surface area contributed by atoms with Crippen molar-refractivity contribution in [3.8, 4) is 0 Å². The highest BCUT2D eigenvalue weighted by molar-refractivity contribution is 5.81. The molecule has 0 aliphatic carbocycles. The number of carbonyl (C=O) groups is 2. The minimum atomic E-state index is -0.847. The van der Waals surface area contributed by atoms with Crippen LogP contribution in [0, 0.1) is 0 Å². The normalized spacial score (nSPS) is 12.4. The van der Waals surface area contributed by atoms with Crippen molar-refractivity contribution in [1.29, 1.82) is 0 Å². The molecule has 0 saturated heterocycles. The van der Waals surface area contributed by atoms with Crippen LogP contribution in [-0.2, 0) is 27.2 Å². The summed E-state index contributed by atoms with van der Waals surface area (Å²) in [7, 11) is 1.27. The maximum Gasteiger partial charge on any atom is 0.408 e. The van der Waals surface area contributed by atoms with Gasteiger partial charge in [0.15, 0.2) is 0 Å². The Balaban J connectivity index is 2.81. The van der Waals surface area contributed by atoms with E-state index in [1.165, 1.54) is 7.11 Å². The Bertz CT molecular complexity index is 531. The quantitative estimate of drug-likeness (QED) is 0.638. The Labute approximate surface area is 130 Å². The van der Waals surface area contributed by atoms with E-state index in [1.807, 2.05) is 4.57 Å². The lowest BCUT2D eigenvalue weighted by atomic mass is 10.1. The van der Waals surface area contributed by atoms with Crippen LogP contribution in [-0.4, -0.2) is 40.4 Å². The lowest BCUT2D eigenvalue weighted by Gasteiger charge is -2.22. The van der Waals surface area contributed by atoms with Crippen molar-refractivity contribution < 1.29 is 19.1 Å². The molecule has 1 atom stereocenters. The van der Waals surface area contributed by atoms with Crippen LogP contribution in [0.1, 0.15) is 26.5 Å². The van der Waals surface area contributed by atoms with Gasteiger partial charge in [0.1, 0.15) is 11.6 Å². The van der Waals surface area contributed by atoms with Crippen molar-refractivity contribution in [3.63, 3.8) is 0 Å². The van der Waals surface area contributed by atoms with Crippen LogP contribution < -0.4 is 5.32 Å². The fourth-order valence-corrected chi connectivity index (χ4v) is 1.82. The minimum absolute atomic E-state index is 0.250. The van der Waals surface area contributed by atoms with E-state index in [9.17, 15) is 9.59 Å². The molecule has 0 bridgehead atoms. The summed E-state index contributed by atoms with van der Waals surface area (Å²) in [5.41, 5.74) is 0.140. The summed E-state index contributed by atoms with van der Waals surface area (Å²) >= 11 is 0. The van der Waals surface area contributed by atoms with E-state index >= 15 is 0 Å². The van der Waals surface area contributed by atoms with Gasteiger partial charge in [0.25, 0.3) is 0 Å². The molecule has 1 N–H and O–H groups in total. The Morgan fingerprint density at radius 2 is 2.18 bits per heavy atom. The molecule has 1 heterocycles. The van der Waals surface area contributed by atoms with Crippen molar-refractivity contribution in [3.05, 3.63) is 30.9 Å². The van der Waals surface area contributed by atoms with Gasteiger partial charge in [-0.1, -0.05) is 6.08 Å². The summed E-state index contributed by atoms with van der Waals surface area (Å²) in [6.45, 7) is 9.48. The molecule has 7 nitrogen and oxygen atoms in total. The number of imidazole rings is 1. The monoisotopic (exact) mass is 309 g/mol. The fourth-order valence-electron chi connectivity index (χ4n) is 1.82. The number of methoxy groups -OCH3 is 1. The number of ether oxygens (including phenoxy) is 2. The second-order valence-electron chi connectivity index (χ2n) is 5.75. The van der Waals surface area contributed by atoms with Gasteiger partial charge in [-0.05, 0) is 20.8 Å². The first-order valence-electron chi connectivity index (χ1n) is 6.94. The molecule has 1 amide bonds. The third-order valence-electron chi connectivity index (χ3n) is 2.71. The number of hydrogen-bond acceptors (Lipinski definition) is 5. The van der Waals surface area contributed by atoms with Gasteiger partial charge in [0.2, 0.25) is 0 Å². The first kappa shape index (κ1) is 17.7. The van der Waals surface area contributed by atoms with Crippen molar-refractivity contribution in [2.45, 2.75) is 45.4 Å². The van der Waals surface area contributed by atoms with Crippen LogP contribution in [0.5, 0.6) is 0 Å². The molecule has 0 radical (unpaired) electrons. The number of nitrogens with zero attached hydrogens (tertiary/aromatic N) is 2. The van der Waals surface area contributed by atoms with Crippen LogP contribution in [0.4, 0.5) is 4.79 Å². The van der Waals surface area contributed by atoms with Crippen molar-refractivity contribution in [1.82, 2.24) is 14.9 Å². The predicted octanol–water partition coefficient (Wildman–Crippen LogP) is 1.68. The van der Waals surface area contributed by atoms with E-state index in [2.05, 4.69) is 16.9 Å². The first-order chi connectivity index (χ1) is 10.3. The number of aromatic nitrogens is 2. The average molecular weight is 309 g/mol. The molecule has 0 unspecified atom stereocenters. The smallest absolute Gasteiger partial charge is 0.408 e. The second kappa shape index (κ2) is 7.63. The lowest BCUT2D eigenvalue weighted by molar-refractivity contribution is -0.143.